The Morgan fingerprint density at radius 1 is 0.952 bits per heavy atom. The van der Waals surface area contributed by atoms with Gasteiger partial charge in [-0.25, -0.2) is 4.79 Å². The molecule has 0 radical (unpaired) electrons. The smallest absolute Gasteiger partial charge is 0.328 e. The minimum Gasteiger partial charge on any atom is -0.465 e. The van der Waals surface area contributed by atoms with E-state index in [0.717, 1.165) is 24.8 Å². The number of fused-ring (bicyclic) bond motifs is 2. The van der Waals surface area contributed by atoms with Gasteiger partial charge in [-0.2, -0.15) is 0 Å². The van der Waals surface area contributed by atoms with Crippen LogP contribution in [0.5, 0.6) is 0 Å². The molecule has 234 valence electrons. The topological polar surface area (TPSA) is 84.9 Å². The summed E-state index contributed by atoms with van der Waals surface area (Å²) in [7, 11) is 0. The zero-order valence-corrected chi connectivity index (χ0v) is 26.3. The van der Waals surface area contributed by atoms with Gasteiger partial charge in [0.2, 0.25) is 5.91 Å². The predicted octanol–water partition coefficient (Wildman–Crippen LogP) is 6.23. The van der Waals surface area contributed by atoms with Gasteiger partial charge < -0.3 is 14.4 Å². The lowest BCUT2D eigenvalue weighted by atomic mass is 9.55. The standard InChI is InChI=1S/C35H54N2O5/c1-4-6-7-8-9-13-22-42-34(40)31-24-35(23-28-16-19-29(35)20-17-28)25-37(31)32(38)26(3)36-30(33(39)41-5-2)21-18-27-14-11-10-12-15-27/h10-12,14-15,26,28-31,36H,4-9,13,16-25H2,1-3H3/t26-,28?,29?,30-,31-,35?/m0/s1. The molecule has 2 bridgehead atoms. The summed E-state index contributed by atoms with van der Waals surface area (Å²) in [5.41, 5.74) is 1.14. The number of aryl methyl sites for hydroxylation is 1. The highest BCUT2D eigenvalue weighted by Gasteiger charge is 2.57. The molecule has 1 aliphatic heterocycles. The fourth-order valence-electron chi connectivity index (χ4n) is 7.86. The maximum Gasteiger partial charge on any atom is 0.328 e. The number of nitrogens with zero attached hydrogens (tertiary/aromatic N) is 1. The van der Waals surface area contributed by atoms with E-state index >= 15 is 0 Å². The first-order valence-corrected chi connectivity index (χ1v) is 16.8. The zero-order valence-electron chi connectivity index (χ0n) is 26.3. The van der Waals surface area contributed by atoms with E-state index in [1.807, 2.05) is 37.3 Å². The summed E-state index contributed by atoms with van der Waals surface area (Å²) in [5, 5.41) is 3.29. The lowest BCUT2D eigenvalue weighted by molar-refractivity contribution is -0.154. The Balaban J connectivity index is 1.42. The molecule has 42 heavy (non-hydrogen) atoms. The van der Waals surface area contributed by atoms with Gasteiger partial charge in [-0.3, -0.25) is 14.9 Å². The van der Waals surface area contributed by atoms with E-state index in [9.17, 15) is 14.4 Å². The van der Waals surface area contributed by atoms with E-state index in [1.165, 1.54) is 51.4 Å². The van der Waals surface area contributed by atoms with E-state index < -0.39 is 18.1 Å². The van der Waals surface area contributed by atoms with Crippen LogP contribution in [-0.2, 0) is 30.3 Å². The molecular formula is C35H54N2O5. The number of carbonyl (C=O) groups is 3. The van der Waals surface area contributed by atoms with Crippen molar-refractivity contribution in [1.82, 2.24) is 10.2 Å². The van der Waals surface area contributed by atoms with Gasteiger partial charge in [-0.15, -0.1) is 0 Å². The number of hydrogen-bond donors (Lipinski definition) is 1. The Morgan fingerprint density at radius 3 is 2.33 bits per heavy atom. The lowest BCUT2D eigenvalue weighted by Crippen LogP contribution is -2.54. The Hall–Kier alpha value is -2.41. The summed E-state index contributed by atoms with van der Waals surface area (Å²) in [4.78, 5) is 42.3. The molecule has 1 spiro atoms. The van der Waals surface area contributed by atoms with Gasteiger partial charge in [-0.05, 0) is 81.6 Å². The Kier molecular flexibility index (Phi) is 12.3. The largest absolute Gasteiger partial charge is 0.465 e. The van der Waals surface area contributed by atoms with Crippen molar-refractivity contribution >= 4 is 17.8 Å². The van der Waals surface area contributed by atoms with E-state index in [2.05, 4.69) is 12.2 Å². The van der Waals surface area contributed by atoms with Gasteiger partial charge in [0.15, 0.2) is 0 Å². The third kappa shape index (κ3) is 8.36. The van der Waals surface area contributed by atoms with Crippen LogP contribution in [0.15, 0.2) is 30.3 Å². The van der Waals surface area contributed by atoms with Crippen molar-refractivity contribution in [2.24, 2.45) is 17.3 Å². The first-order chi connectivity index (χ1) is 20.4. The minimum absolute atomic E-state index is 0.00817. The van der Waals surface area contributed by atoms with Gasteiger partial charge in [0.25, 0.3) is 0 Å². The molecule has 3 saturated carbocycles. The Morgan fingerprint density at radius 2 is 1.67 bits per heavy atom. The highest BCUT2D eigenvalue weighted by atomic mass is 16.5. The summed E-state index contributed by atoms with van der Waals surface area (Å²) in [6, 6.07) is 8.25. The molecule has 1 amide bonds. The quantitative estimate of drug-likeness (QED) is 0.184. The van der Waals surface area contributed by atoms with Crippen molar-refractivity contribution in [3.05, 3.63) is 35.9 Å². The molecule has 3 aliphatic carbocycles. The normalized spacial score (nSPS) is 26.3. The van der Waals surface area contributed by atoms with Crippen molar-refractivity contribution in [1.29, 1.82) is 0 Å². The Labute approximate surface area is 253 Å². The SMILES string of the molecule is CCCCCCCCOC(=O)[C@@H]1CC2(CC3CCC2CC3)CN1C(=O)[C@H](C)N[C@@H](CCc1ccccc1)C(=O)OCC. The van der Waals surface area contributed by atoms with Crippen LogP contribution in [0.1, 0.15) is 110 Å². The van der Waals surface area contributed by atoms with Crippen LogP contribution in [0, 0.1) is 17.3 Å². The first-order valence-electron chi connectivity index (χ1n) is 16.8. The third-order valence-electron chi connectivity index (χ3n) is 10.1. The summed E-state index contributed by atoms with van der Waals surface area (Å²) >= 11 is 0. The van der Waals surface area contributed by atoms with Crippen molar-refractivity contribution in [2.45, 2.75) is 129 Å². The van der Waals surface area contributed by atoms with Crippen LogP contribution < -0.4 is 5.32 Å². The number of ether oxygens (including phenoxy) is 2. The number of rotatable bonds is 16. The van der Waals surface area contributed by atoms with Crippen LogP contribution in [0.4, 0.5) is 0 Å². The van der Waals surface area contributed by atoms with Crippen molar-refractivity contribution in [2.75, 3.05) is 19.8 Å². The second-order valence-electron chi connectivity index (χ2n) is 13.1. The average molecular weight is 583 g/mol. The number of likely N-dealkylation sites (tertiary alicyclic amines) is 1. The van der Waals surface area contributed by atoms with Crippen LogP contribution in [0.25, 0.3) is 0 Å². The maximum atomic E-state index is 14.1. The van der Waals surface area contributed by atoms with E-state index in [-0.39, 0.29) is 29.9 Å². The van der Waals surface area contributed by atoms with Crippen molar-refractivity contribution < 1.29 is 23.9 Å². The van der Waals surface area contributed by atoms with Crippen molar-refractivity contribution in [3.8, 4) is 0 Å². The van der Waals surface area contributed by atoms with Gasteiger partial charge in [0.05, 0.1) is 19.3 Å². The Bertz CT molecular complexity index is 1010. The molecule has 7 nitrogen and oxygen atoms in total. The molecular weight excluding hydrogens is 528 g/mol. The highest BCUT2D eigenvalue weighted by Crippen LogP contribution is 2.58. The summed E-state index contributed by atoms with van der Waals surface area (Å²) < 4.78 is 11.2. The van der Waals surface area contributed by atoms with Crippen LogP contribution in [0.3, 0.4) is 0 Å². The van der Waals surface area contributed by atoms with Crippen LogP contribution in [0.2, 0.25) is 0 Å². The molecule has 1 aromatic rings. The number of nitrogens with one attached hydrogen (secondary N) is 1. The fourth-order valence-corrected chi connectivity index (χ4v) is 7.86. The van der Waals surface area contributed by atoms with Gasteiger partial charge in [-0.1, -0.05) is 82.2 Å². The molecule has 1 heterocycles. The molecule has 4 atom stereocenters. The maximum absolute atomic E-state index is 14.1. The minimum atomic E-state index is -0.625. The number of esters is 2. The number of hydrogen-bond acceptors (Lipinski definition) is 6. The number of benzene rings is 1. The molecule has 7 heteroatoms. The lowest BCUT2D eigenvalue weighted by Gasteiger charge is -2.50. The van der Waals surface area contributed by atoms with Crippen molar-refractivity contribution in [3.63, 3.8) is 0 Å². The highest BCUT2D eigenvalue weighted by molar-refractivity contribution is 5.89. The van der Waals surface area contributed by atoms with Gasteiger partial charge >= 0.3 is 11.9 Å². The first kappa shape index (κ1) is 32.5. The zero-order chi connectivity index (χ0) is 30.0. The summed E-state index contributed by atoms with van der Waals surface area (Å²) in [5.74, 6) is 0.546. The third-order valence-corrected chi connectivity index (χ3v) is 10.1. The molecule has 4 fully saturated rings. The molecule has 5 rings (SSSR count). The number of amides is 1. The second kappa shape index (κ2) is 15.9. The summed E-state index contributed by atoms with van der Waals surface area (Å²) in [6.45, 7) is 7.13. The second-order valence-corrected chi connectivity index (χ2v) is 13.1. The van der Waals surface area contributed by atoms with Gasteiger partial charge in [0, 0.05) is 6.54 Å². The molecule has 1 N–H and O–H groups in total. The molecule has 1 aromatic carbocycles. The van der Waals surface area contributed by atoms with E-state index in [0.29, 0.717) is 44.2 Å². The molecule has 1 unspecified atom stereocenters. The van der Waals surface area contributed by atoms with Crippen LogP contribution >= 0.6 is 0 Å². The van der Waals surface area contributed by atoms with Gasteiger partial charge in [0.1, 0.15) is 12.1 Å². The fraction of sp³-hybridized carbons (Fsp3) is 0.743. The average Bonchev–Trinajstić information content (AvgIpc) is 3.38. The van der Waals surface area contributed by atoms with Crippen LogP contribution in [-0.4, -0.2) is 60.6 Å². The monoisotopic (exact) mass is 582 g/mol. The van der Waals surface area contributed by atoms with E-state index in [4.69, 9.17) is 9.47 Å². The van der Waals surface area contributed by atoms with E-state index in [1.54, 1.807) is 11.8 Å². The summed E-state index contributed by atoms with van der Waals surface area (Å²) in [6.07, 6.45) is 14.8. The predicted molar refractivity (Wildman–Crippen MR) is 165 cm³/mol. The number of carbonyl (C=O) groups excluding carboxylic acids is 3. The molecule has 1 saturated heterocycles. The molecule has 0 aromatic heterocycles. The number of unbranched alkanes of at least 4 members (excludes halogenated alkanes) is 5. The molecule has 4 aliphatic rings.